The number of carbonyl (C=O) groups excluding carboxylic acids is 1. The van der Waals surface area contributed by atoms with Crippen LogP contribution in [0.3, 0.4) is 0 Å². The van der Waals surface area contributed by atoms with E-state index in [1.54, 1.807) is 0 Å². The zero-order valence-corrected chi connectivity index (χ0v) is 11.6. The maximum absolute atomic E-state index is 12.1. The highest BCUT2D eigenvalue weighted by Crippen LogP contribution is 2.16. The van der Waals surface area contributed by atoms with E-state index in [0.717, 1.165) is 24.0 Å². The molecule has 19 heavy (non-hydrogen) atoms. The van der Waals surface area contributed by atoms with Gasteiger partial charge in [-0.1, -0.05) is 29.8 Å². The first-order chi connectivity index (χ1) is 9.06. The average molecular weight is 262 g/mol. The molecule has 1 fully saturated rings. The molecule has 1 amide bonds. The fourth-order valence-corrected chi connectivity index (χ4v) is 2.35. The van der Waals surface area contributed by atoms with Crippen molar-refractivity contribution in [1.82, 2.24) is 5.32 Å². The minimum atomic E-state index is -0.598. The summed E-state index contributed by atoms with van der Waals surface area (Å²) < 4.78 is 5.47. The molecule has 3 atom stereocenters. The number of ether oxygens (including phenoxy) is 1. The molecule has 4 heteroatoms. The van der Waals surface area contributed by atoms with Crippen LogP contribution in [0, 0.1) is 6.92 Å². The minimum Gasteiger partial charge on any atom is -0.378 e. The van der Waals surface area contributed by atoms with E-state index in [1.807, 2.05) is 38.1 Å². The second kappa shape index (κ2) is 6.17. The topological polar surface area (TPSA) is 64.4 Å². The van der Waals surface area contributed by atoms with Crippen molar-refractivity contribution < 1.29 is 9.53 Å². The van der Waals surface area contributed by atoms with Crippen molar-refractivity contribution in [1.29, 1.82) is 0 Å². The standard InChI is InChI=1S/C15H22N2O2/c1-10-3-5-12(6-4-10)14(16)15(18)17-13-7-8-19-11(2)9-13/h3-6,11,13-14H,7-9,16H2,1-2H3,(H,17,18). The van der Waals surface area contributed by atoms with Gasteiger partial charge in [-0.2, -0.15) is 0 Å². The number of benzene rings is 1. The maximum Gasteiger partial charge on any atom is 0.241 e. The molecule has 0 aromatic heterocycles. The van der Waals surface area contributed by atoms with E-state index < -0.39 is 6.04 Å². The quantitative estimate of drug-likeness (QED) is 0.871. The summed E-state index contributed by atoms with van der Waals surface area (Å²) in [7, 11) is 0. The molecule has 1 saturated heterocycles. The Labute approximate surface area is 114 Å². The molecule has 0 spiro atoms. The van der Waals surface area contributed by atoms with E-state index in [1.165, 1.54) is 0 Å². The number of hydrogen-bond acceptors (Lipinski definition) is 3. The van der Waals surface area contributed by atoms with E-state index in [2.05, 4.69) is 5.32 Å². The Morgan fingerprint density at radius 3 is 2.74 bits per heavy atom. The van der Waals surface area contributed by atoms with Gasteiger partial charge < -0.3 is 15.8 Å². The molecule has 2 rings (SSSR count). The van der Waals surface area contributed by atoms with Crippen LogP contribution in [0.4, 0.5) is 0 Å². The molecular weight excluding hydrogens is 240 g/mol. The molecule has 3 unspecified atom stereocenters. The Morgan fingerprint density at radius 1 is 1.42 bits per heavy atom. The molecule has 1 aliphatic rings. The van der Waals surface area contributed by atoms with E-state index in [0.29, 0.717) is 6.61 Å². The number of hydrogen-bond donors (Lipinski definition) is 2. The second-order valence-electron chi connectivity index (χ2n) is 5.30. The first-order valence-corrected chi connectivity index (χ1v) is 6.80. The third-order valence-electron chi connectivity index (χ3n) is 3.55. The predicted octanol–water partition coefficient (Wildman–Crippen LogP) is 1.68. The van der Waals surface area contributed by atoms with Crippen LogP contribution < -0.4 is 11.1 Å². The van der Waals surface area contributed by atoms with Gasteiger partial charge in [0.05, 0.1) is 6.10 Å². The van der Waals surface area contributed by atoms with Gasteiger partial charge in [-0.3, -0.25) is 4.79 Å². The van der Waals surface area contributed by atoms with Crippen LogP contribution in [0.2, 0.25) is 0 Å². The van der Waals surface area contributed by atoms with Crippen molar-refractivity contribution in [2.75, 3.05) is 6.61 Å². The summed E-state index contributed by atoms with van der Waals surface area (Å²) in [5.74, 6) is -0.108. The van der Waals surface area contributed by atoms with Crippen LogP contribution in [0.15, 0.2) is 24.3 Å². The van der Waals surface area contributed by atoms with Crippen molar-refractivity contribution >= 4 is 5.91 Å². The Kier molecular flexibility index (Phi) is 4.56. The Hall–Kier alpha value is -1.39. The van der Waals surface area contributed by atoms with E-state index in [4.69, 9.17) is 10.5 Å². The van der Waals surface area contributed by atoms with E-state index in [9.17, 15) is 4.79 Å². The summed E-state index contributed by atoms with van der Waals surface area (Å²) in [5, 5.41) is 3.02. The number of nitrogens with one attached hydrogen (secondary N) is 1. The lowest BCUT2D eigenvalue weighted by Crippen LogP contribution is -2.44. The molecule has 0 radical (unpaired) electrons. The predicted molar refractivity (Wildman–Crippen MR) is 74.7 cm³/mol. The highest BCUT2D eigenvalue weighted by atomic mass is 16.5. The van der Waals surface area contributed by atoms with Crippen LogP contribution in [-0.4, -0.2) is 24.7 Å². The lowest BCUT2D eigenvalue weighted by molar-refractivity contribution is -0.124. The lowest BCUT2D eigenvalue weighted by Gasteiger charge is -2.28. The van der Waals surface area contributed by atoms with Gasteiger partial charge in [0.15, 0.2) is 0 Å². The Balaban J connectivity index is 1.93. The SMILES string of the molecule is Cc1ccc(C(N)C(=O)NC2CCOC(C)C2)cc1. The van der Waals surface area contributed by atoms with Gasteiger partial charge >= 0.3 is 0 Å². The highest BCUT2D eigenvalue weighted by molar-refractivity contribution is 5.83. The number of aryl methyl sites for hydroxylation is 1. The highest BCUT2D eigenvalue weighted by Gasteiger charge is 2.23. The average Bonchev–Trinajstić information content (AvgIpc) is 2.39. The van der Waals surface area contributed by atoms with Crippen LogP contribution in [0.25, 0.3) is 0 Å². The third-order valence-corrected chi connectivity index (χ3v) is 3.55. The Bertz CT molecular complexity index is 430. The lowest BCUT2D eigenvalue weighted by atomic mass is 10.0. The summed E-state index contributed by atoms with van der Waals surface area (Å²) in [6.07, 6.45) is 1.91. The molecule has 104 valence electrons. The zero-order valence-electron chi connectivity index (χ0n) is 11.6. The molecule has 4 nitrogen and oxygen atoms in total. The Morgan fingerprint density at radius 2 is 2.11 bits per heavy atom. The summed E-state index contributed by atoms with van der Waals surface area (Å²) >= 11 is 0. The summed E-state index contributed by atoms with van der Waals surface area (Å²) in [6, 6.07) is 7.34. The van der Waals surface area contributed by atoms with Gasteiger partial charge in [0.25, 0.3) is 0 Å². The summed E-state index contributed by atoms with van der Waals surface area (Å²) in [4.78, 5) is 12.1. The van der Waals surface area contributed by atoms with Gasteiger partial charge in [0, 0.05) is 12.6 Å². The van der Waals surface area contributed by atoms with Crippen LogP contribution in [-0.2, 0) is 9.53 Å². The molecule has 1 heterocycles. The smallest absolute Gasteiger partial charge is 0.241 e. The van der Waals surface area contributed by atoms with Gasteiger partial charge in [-0.25, -0.2) is 0 Å². The van der Waals surface area contributed by atoms with Gasteiger partial charge in [0.2, 0.25) is 5.91 Å². The largest absolute Gasteiger partial charge is 0.378 e. The number of nitrogens with two attached hydrogens (primary N) is 1. The van der Waals surface area contributed by atoms with Crippen LogP contribution >= 0.6 is 0 Å². The van der Waals surface area contributed by atoms with Gasteiger partial charge in [-0.05, 0) is 32.3 Å². The monoisotopic (exact) mass is 262 g/mol. The van der Waals surface area contributed by atoms with Crippen LogP contribution in [0.1, 0.15) is 36.9 Å². The third kappa shape index (κ3) is 3.78. The van der Waals surface area contributed by atoms with Crippen molar-refractivity contribution in [3.63, 3.8) is 0 Å². The van der Waals surface area contributed by atoms with Crippen molar-refractivity contribution in [3.05, 3.63) is 35.4 Å². The van der Waals surface area contributed by atoms with Crippen molar-refractivity contribution in [3.8, 4) is 0 Å². The molecule has 0 aliphatic carbocycles. The fraction of sp³-hybridized carbons (Fsp3) is 0.533. The van der Waals surface area contributed by atoms with Gasteiger partial charge in [0.1, 0.15) is 6.04 Å². The van der Waals surface area contributed by atoms with Gasteiger partial charge in [-0.15, -0.1) is 0 Å². The van der Waals surface area contributed by atoms with Crippen molar-refractivity contribution in [2.24, 2.45) is 5.73 Å². The summed E-state index contributed by atoms with van der Waals surface area (Å²) in [6.45, 7) is 4.74. The molecular formula is C15H22N2O2. The first kappa shape index (κ1) is 14.0. The molecule has 1 aromatic rings. The maximum atomic E-state index is 12.1. The summed E-state index contributed by atoms with van der Waals surface area (Å²) in [5.41, 5.74) is 8.01. The number of rotatable bonds is 3. The van der Waals surface area contributed by atoms with Crippen molar-refractivity contribution in [2.45, 2.75) is 44.9 Å². The first-order valence-electron chi connectivity index (χ1n) is 6.80. The van der Waals surface area contributed by atoms with E-state index >= 15 is 0 Å². The molecule has 0 bridgehead atoms. The molecule has 1 aliphatic heterocycles. The molecule has 1 aromatic carbocycles. The normalized spacial score (nSPS) is 24.8. The van der Waals surface area contributed by atoms with Crippen LogP contribution in [0.5, 0.6) is 0 Å². The minimum absolute atomic E-state index is 0.108. The number of carbonyl (C=O) groups is 1. The molecule has 0 saturated carbocycles. The second-order valence-corrected chi connectivity index (χ2v) is 5.30. The molecule has 3 N–H and O–H groups in total. The van der Waals surface area contributed by atoms with E-state index in [-0.39, 0.29) is 18.1 Å². The number of amides is 1. The zero-order chi connectivity index (χ0) is 13.8. The fourth-order valence-electron chi connectivity index (χ4n) is 2.35.